The second-order valence-corrected chi connectivity index (χ2v) is 1.21. The van der Waals surface area contributed by atoms with Crippen molar-refractivity contribution in [1.82, 2.24) is 0 Å². The van der Waals surface area contributed by atoms with Crippen LogP contribution in [-0.2, 0) is 0 Å². The lowest BCUT2D eigenvalue weighted by Gasteiger charge is -1.74. The molecule has 0 aromatic heterocycles. The predicted octanol–water partition coefficient (Wildman–Crippen LogP) is 0.594. The van der Waals surface area contributed by atoms with Gasteiger partial charge in [0.1, 0.15) is 0 Å². The largest absolute Gasteiger partial charge is 0.277 e. The minimum absolute atomic E-state index is 0.498. The van der Waals surface area contributed by atoms with E-state index in [1.807, 2.05) is 6.92 Å². The summed E-state index contributed by atoms with van der Waals surface area (Å²) in [6.45, 7) is 1.87. The minimum Gasteiger partial charge on any atom is -0.277 e. The molecule has 1 rings (SSSR count). The Morgan fingerprint density at radius 3 is 3.17 bits per heavy atom. The van der Waals surface area contributed by atoms with Gasteiger partial charge in [0.2, 0.25) is 7.28 Å². The Hall–Kier alpha value is -0.525. The molecule has 1 aliphatic heterocycles. The van der Waals surface area contributed by atoms with Crippen molar-refractivity contribution in [2.75, 3.05) is 0 Å². The number of aliphatic imine (C=N–C) groups is 1. The molecule has 2 heteroatoms. The molecular weight excluding hydrogens is 72.9 g/mol. The maximum atomic E-state index is 6.95. The molecule has 0 atom stereocenters. The molecule has 0 amide bonds. The SMILES string of the molecule is [3H]C1=CN=C(C)[B]1. The highest BCUT2D eigenvalue weighted by Crippen LogP contribution is 1.86. The molecule has 0 saturated heterocycles. The van der Waals surface area contributed by atoms with Crippen molar-refractivity contribution in [3.63, 3.8) is 0 Å². The standard InChI is InChI=1S/C4H5BN/c1-4-5-2-3-6-4/h2-3H,1H3/i2T. The number of hydrogen-bond donors (Lipinski definition) is 0. The van der Waals surface area contributed by atoms with Crippen molar-refractivity contribution in [1.29, 1.82) is 0 Å². The van der Waals surface area contributed by atoms with Crippen molar-refractivity contribution in [3.05, 3.63) is 12.2 Å². The molecule has 0 saturated carbocycles. The summed E-state index contributed by atoms with van der Waals surface area (Å²) in [5.74, 6) is 0.498. The first-order valence-corrected chi connectivity index (χ1v) is 1.85. The van der Waals surface area contributed by atoms with Crippen LogP contribution < -0.4 is 0 Å². The van der Waals surface area contributed by atoms with E-state index in [0.717, 1.165) is 5.61 Å². The van der Waals surface area contributed by atoms with Crippen LogP contribution in [-0.4, -0.2) is 12.9 Å². The van der Waals surface area contributed by atoms with Gasteiger partial charge in [0, 0.05) is 7.57 Å². The van der Waals surface area contributed by atoms with E-state index in [-0.39, 0.29) is 0 Å². The number of nitrogens with zero attached hydrogens (tertiary/aromatic N) is 1. The minimum atomic E-state index is 0.498. The molecule has 0 aromatic carbocycles. The van der Waals surface area contributed by atoms with E-state index in [0.29, 0.717) is 5.95 Å². The van der Waals surface area contributed by atoms with E-state index in [4.69, 9.17) is 1.37 Å². The van der Waals surface area contributed by atoms with Gasteiger partial charge in [-0.05, 0) is 12.5 Å². The number of hydrogen-bond acceptors (Lipinski definition) is 1. The Morgan fingerprint density at radius 1 is 2.17 bits per heavy atom. The van der Waals surface area contributed by atoms with Crippen molar-refractivity contribution in [2.24, 2.45) is 4.99 Å². The molecule has 0 fully saturated rings. The highest BCUT2D eigenvalue weighted by atomic mass is 14.7. The van der Waals surface area contributed by atoms with Crippen LogP contribution in [0.25, 0.3) is 0 Å². The Balaban J connectivity index is 2.61. The summed E-state index contributed by atoms with van der Waals surface area (Å²) in [4.78, 5) is 3.83. The van der Waals surface area contributed by atoms with Crippen LogP contribution in [0.3, 0.4) is 0 Å². The van der Waals surface area contributed by atoms with Crippen LogP contribution in [0.2, 0.25) is 0 Å². The molecule has 0 aromatic rings. The predicted molar refractivity (Wildman–Crippen MR) is 28.0 cm³/mol. The molecule has 0 unspecified atom stereocenters. The van der Waals surface area contributed by atoms with Gasteiger partial charge in [-0.2, -0.15) is 0 Å². The zero-order chi connectivity index (χ0) is 5.28. The average Bonchev–Trinajstić information content (AvgIpc) is 1.87. The Labute approximate surface area is 39.4 Å². The molecule has 0 aliphatic carbocycles. The third-order valence-electron chi connectivity index (χ3n) is 0.635. The van der Waals surface area contributed by atoms with E-state index >= 15 is 0 Å². The maximum Gasteiger partial charge on any atom is 0.202 e. The van der Waals surface area contributed by atoms with Gasteiger partial charge in [-0.1, -0.05) is 5.95 Å². The van der Waals surface area contributed by atoms with Gasteiger partial charge in [0.05, 0.1) is 0 Å². The van der Waals surface area contributed by atoms with Gasteiger partial charge in [-0.25, -0.2) is 0 Å². The smallest absolute Gasteiger partial charge is 0.202 e. The summed E-state index contributed by atoms with van der Waals surface area (Å²) in [6, 6.07) is 0. The molecular formula is C4H5BN. The molecule has 29 valence electrons. The van der Waals surface area contributed by atoms with Crippen LogP contribution in [0.5, 0.6) is 0 Å². The molecule has 0 spiro atoms. The van der Waals surface area contributed by atoms with E-state index in [1.165, 1.54) is 6.20 Å². The summed E-state index contributed by atoms with van der Waals surface area (Å²) in [5.41, 5.74) is 0.921. The zero-order valence-electron chi connectivity index (χ0n) is 4.60. The van der Waals surface area contributed by atoms with Gasteiger partial charge in [-0.3, -0.25) is 4.99 Å². The second kappa shape index (κ2) is 1.29. The fraction of sp³-hybridized carbons (Fsp3) is 0.250. The lowest BCUT2D eigenvalue weighted by Crippen LogP contribution is -1.93. The molecule has 6 heavy (non-hydrogen) atoms. The van der Waals surface area contributed by atoms with Crippen molar-refractivity contribution in [2.45, 2.75) is 6.92 Å². The molecule has 0 bridgehead atoms. The lowest BCUT2D eigenvalue weighted by atomic mass is 9.75. The number of rotatable bonds is 0. The topological polar surface area (TPSA) is 12.4 Å². The van der Waals surface area contributed by atoms with Crippen LogP contribution in [0.4, 0.5) is 0 Å². The van der Waals surface area contributed by atoms with Gasteiger partial charge < -0.3 is 0 Å². The summed E-state index contributed by atoms with van der Waals surface area (Å²) in [5, 5.41) is 0. The van der Waals surface area contributed by atoms with Crippen molar-refractivity contribution >= 4 is 12.9 Å². The van der Waals surface area contributed by atoms with E-state index in [9.17, 15) is 0 Å². The van der Waals surface area contributed by atoms with Gasteiger partial charge in [0.15, 0.2) is 0 Å². The van der Waals surface area contributed by atoms with Crippen LogP contribution in [0.1, 0.15) is 8.29 Å². The lowest BCUT2D eigenvalue weighted by molar-refractivity contribution is 1.60. The summed E-state index contributed by atoms with van der Waals surface area (Å²) >= 11 is 0. The van der Waals surface area contributed by atoms with Gasteiger partial charge >= 0.3 is 0 Å². The average molecular weight is 79.9 g/mol. The quantitative estimate of drug-likeness (QED) is 0.377. The third-order valence-corrected chi connectivity index (χ3v) is 0.635. The Bertz CT molecular complexity index is 123. The highest BCUT2D eigenvalue weighted by molar-refractivity contribution is 6.79. The summed E-state index contributed by atoms with van der Waals surface area (Å²) in [6.07, 6.45) is 1.54. The van der Waals surface area contributed by atoms with E-state index in [2.05, 4.69) is 4.99 Å². The zero-order valence-corrected chi connectivity index (χ0v) is 3.60. The molecule has 1 nitrogen and oxygen atoms in total. The first-order chi connectivity index (χ1) is 3.29. The van der Waals surface area contributed by atoms with Crippen LogP contribution >= 0.6 is 0 Å². The summed E-state index contributed by atoms with van der Waals surface area (Å²) in [7, 11) is 1.72. The monoisotopic (exact) mass is 80.1 g/mol. The Morgan fingerprint density at radius 2 is 3.00 bits per heavy atom. The highest BCUT2D eigenvalue weighted by Gasteiger charge is 1.91. The van der Waals surface area contributed by atoms with Gasteiger partial charge in [0.25, 0.3) is 0 Å². The van der Waals surface area contributed by atoms with E-state index in [1.54, 1.807) is 7.28 Å². The van der Waals surface area contributed by atoms with Crippen LogP contribution in [0.15, 0.2) is 17.1 Å². The molecule has 1 radical (unpaired) electrons. The fourth-order valence-electron chi connectivity index (χ4n) is 0.334. The van der Waals surface area contributed by atoms with Gasteiger partial charge in [-0.15, -0.1) is 0 Å². The molecule has 1 heterocycles. The van der Waals surface area contributed by atoms with Crippen molar-refractivity contribution < 1.29 is 1.37 Å². The fourth-order valence-corrected chi connectivity index (χ4v) is 0.334. The Kier molecular flexibility index (Phi) is 0.562. The normalized spacial score (nSPS) is 21.2. The van der Waals surface area contributed by atoms with E-state index < -0.39 is 0 Å². The third kappa shape index (κ3) is 0.508. The van der Waals surface area contributed by atoms with Crippen LogP contribution in [0, 0.1) is 0 Å². The first kappa shape index (κ1) is 2.62. The molecule has 1 aliphatic rings. The molecule has 0 N–H and O–H groups in total. The second-order valence-electron chi connectivity index (χ2n) is 1.21. The first-order valence-electron chi connectivity index (χ1n) is 2.35. The maximum absolute atomic E-state index is 6.95. The van der Waals surface area contributed by atoms with Crippen molar-refractivity contribution in [3.8, 4) is 0 Å². The summed E-state index contributed by atoms with van der Waals surface area (Å²) < 4.78 is 6.95.